The van der Waals surface area contributed by atoms with E-state index in [4.69, 9.17) is 21.4 Å². The molecule has 4 rings (SSSR count). The summed E-state index contributed by atoms with van der Waals surface area (Å²) in [4.78, 5) is 27.2. The second kappa shape index (κ2) is 10.6. The summed E-state index contributed by atoms with van der Waals surface area (Å²) < 4.78 is 7.35. The Labute approximate surface area is 205 Å². The van der Waals surface area contributed by atoms with Crippen LogP contribution in [0.2, 0.25) is 5.02 Å². The Morgan fingerprint density at radius 3 is 2.65 bits per heavy atom. The second-order valence-electron chi connectivity index (χ2n) is 9.02. The Balaban J connectivity index is 1.36. The molecule has 1 saturated heterocycles. The van der Waals surface area contributed by atoms with Crippen LogP contribution < -0.4 is 5.32 Å². The van der Waals surface area contributed by atoms with Gasteiger partial charge >= 0.3 is 0 Å². The zero-order valence-electron chi connectivity index (χ0n) is 19.9. The van der Waals surface area contributed by atoms with Crippen molar-refractivity contribution in [3.63, 3.8) is 0 Å². The van der Waals surface area contributed by atoms with Gasteiger partial charge in [0, 0.05) is 66.9 Å². The topological polar surface area (TPSA) is 76.5 Å². The van der Waals surface area contributed by atoms with Gasteiger partial charge in [0.25, 0.3) is 11.8 Å². The lowest BCUT2D eigenvalue weighted by Gasteiger charge is -2.39. The molecule has 2 amide bonds. The standard InChI is InChI=1S/C26H31ClN4O3/c1-4-5-22(34-3)12-28-25(32)23-11-20-16-31(29-24(20)10-17(23)2)15-18-13-30(14-18)26(33)19-6-8-21(27)9-7-19/h6-11,16,18,22H,4-5,12-15H2,1-3H3,(H,28,32). The average Bonchev–Trinajstić information content (AvgIpc) is 3.19. The number of likely N-dealkylation sites (tertiary alicyclic amines) is 1. The molecule has 1 N–H and O–H groups in total. The van der Waals surface area contributed by atoms with Gasteiger partial charge in [-0.3, -0.25) is 14.3 Å². The summed E-state index contributed by atoms with van der Waals surface area (Å²) in [5.74, 6) is 0.277. The third-order valence-electron chi connectivity index (χ3n) is 6.36. The van der Waals surface area contributed by atoms with E-state index in [1.807, 2.05) is 34.8 Å². The molecule has 1 atom stereocenters. The fraction of sp³-hybridized carbons (Fsp3) is 0.423. The van der Waals surface area contributed by atoms with Crippen molar-refractivity contribution in [2.45, 2.75) is 39.3 Å². The van der Waals surface area contributed by atoms with Gasteiger partial charge in [0.1, 0.15) is 0 Å². The lowest BCUT2D eigenvalue weighted by molar-refractivity contribution is 0.0462. The maximum Gasteiger partial charge on any atom is 0.253 e. The summed E-state index contributed by atoms with van der Waals surface area (Å²) in [7, 11) is 1.67. The van der Waals surface area contributed by atoms with Crippen LogP contribution in [-0.4, -0.2) is 59.3 Å². The minimum absolute atomic E-state index is 0.0225. The quantitative estimate of drug-likeness (QED) is 0.493. The first-order valence-electron chi connectivity index (χ1n) is 11.7. The van der Waals surface area contributed by atoms with Crippen LogP contribution in [0.15, 0.2) is 42.6 Å². The molecule has 3 aromatic rings. The number of carbonyl (C=O) groups excluding carboxylic acids is 2. The number of amides is 2. The fourth-order valence-corrected chi connectivity index (χ4v) is 4.51. The van der Waals surface area contributed by atoms with Crippen molar-refractivity contribution >= 4 is 34.3 Å². The molecule has 180 valence electrons. The van der Waals surface area contributed by atoms with E-state index in [-0.39, 0.29) is 17.9 Å². The molecule has 1 aliphatic rings. The molecule has 8 heteroatoms. The number of fused-ring (bicyclic) bond motifs is 1. The number of nitrogens with zero attached hydrogens (tertiary/aromatic N) is 3. The number of ether oxygens (including phenoxy) is 1. The van der Waals surface area contributed by atoms with E-state index in [1.165, 1.54) is 0 Å². The highest BCUT2D eigenvalue weighted by Crippen LogP contribution is 2.23. The van der Waals surface area contributed by atoms with Crippen molar-refractivity contribution in [1.82, 2.24) is 20.0 Å². The van der Waals surface area contributed by atoms with E-state index in [0.29, 0.717) is 41.7 Å². The first-order chi connectivity index (χ1) is 16.4. The van der Waals surface area contributed by atoms with E-state index in [9.17, 15) is 9.59 Å². The highest BCUT2D eigenvalue weighted by molar-refractivity contribution is 6.30. The summed E-state index contributed by atoms with van der Waals surface area (Å²) in [6.45, 7) is 6.65. The molecule has 34 heavy (non-hydrogen) atoms. The minimum Gasteiger partial charge on any atom is -0.380 e. The fourth-order valence-electron chi connectivity index (χ4n) is 4.38. The molecular formula is C26H31ClN4O3. The van der Waals surface area contributed by atoms with Crippen molar-refractivity contribution in [2.75, 3.05) is 26.7 Å². The average molecular weight is 483 g/mol. The third kappa shape index (κ3) is 5.42. The van der Waals surface area contributed by atoms with Crippen molar-refractivity contribution in [1.29, 1.82) is 0 Å². The first kappa shape index (κ1) is 24.2. The molecule has 1 fully saturated rings. The van der Waals surface area contributed by atoms with Gasteiger partial charge in [-0.15, -0.1) is 0 Å². The molecule has 2 heterocycles. The van der Waals surface area contributed by atoms with E-state index in [1.54, 1.807) is 31.4 Å². The molecular weight excluding hydrogens is 452 g/mol. The van der Waals surface area contributed by atoms with Crippen molar-refractivity contribution in [3.05, 3.63) is 64.3 Å². The van der Waals surface area contributed by atoms with Crippen LogP contribution in [0.5, 0.6) is 0 Å². The van der Waals surface area contributed by atoms with Gasteiger partial charge in [-0.05, 0) is 55.3 Å². The zero-order valence-corrected chi connectivity index (χ0v) is 20.6. The number of carbonyl (C=O) groups is 2. The summed E-state index contributed by atoms with van der Waals surface area (Å²) >= 11 is 5.91. The number of nitrogens with one attached hydrogen (secondary N) is 1. The molecule has 7 nitrogen and oxygen atoms in total. The number of aryl methyl sites for hydroxylation is 1. The molecule has 2 aromatic carbocycles. The number of benzene rings is 2. The van der Waals surface area contributed by atoms with Crippen LogP contribution in [-0.2, 0) is 11.3 Å². The number of hydrogen-bond acceptors (Lipinski definition) is 4. The van der Waals surface area contributed by atoms with E-state index in [2.05, 4.69) is 12.2 Å². The number of halogens is 1. The molecule has 1 unspecified atom stereocenters. The van der Waals surface area contributed by atoms with E-state index >= 15 is 0 Å². The molecule has 0 radical (unpaired) electrons. The van der Waals surface area contributed by atoms with Crippen molar-refractivity contribution in [3.8, 4) is 0 Å². The van der Waals surface area contributed by atoms with E-state index in [0.717, 1.165) is 35.9 Å². The maximum absolute atomic E-state index is 12.8. The molecule has 0 bridgehead atoms. The Hall–Kier alpha value is -2.90. The number of hydrogen-bond donors (Lipinski definition) is 1. The van der Waals surface area contributed by atoms with E-state index < -0.39 is 0 Å². The molecule has 0 saturated carbocycles. The van der Waals surface area contributed by atoms with Crippen LogP contribution in [0.3, 0.4) is 0 Å². The van der Waals surface area contributed by atoms with Gasteiger partial charge in [-0.1, -0.05) is 24.9 Å². The number of aromatic nitrogens is 2. The summed E-state index contributed by atoms with van der Waals surface area (Å²) in [5.41, 5.74) is 3.06. The van der Waals surface area contributed by atoms with Crippen LogP contribution in [0.1, 0.15) is 46.0 Å². The Morgan fingerprint density at radius 2 is 1.97 bits per heavy atom. The van der Waals surface area contributed by atoms with Crippen molar-refractivity contribution in [2.24, 2.45) is 5.92 Å². The third-order valence-corrected chi connectivity index (χ3v) is 6.61. The second-order valence-corrected chi connectivity index (χ2v) is 9.45. The van der Waals surface area contributed by atoms with Gasteiger partial charge in [0.15, 0.2) is 0 Å². The van der Waals surface area contributed by atoms with Gasteiger partial charge in [0.05, 0.1) is 11.6 Å². The zero-order chi connectivity index (χ0) is 24.2. The smallest absolute Gasteiger partial charge is 0.253 e. The Kier molecular flexibility index (Phi) is 7.54. The number of methoxy groups -OCH3 is 1. The largest absolute Gasteiger partial charge is 0.380 e. The highest BCUT2D eigenvalue weighted by atomic mass is 35.5. The lowest BCUT2D eigenvalue weighted by atomic mass is 9.99. The highest BCUT2D eigenvalue weighted by Gasteiger charge is 2.31. The normalized spacial score (nSPS) is 14.8. The summed E-state index contributed by atoms with van der Waals surface area (Å²) in [6, 6.07) is 10.8. The molecule has 1 aliphatic heterocycles. The van der Waals surface area contributed by atoms with Crippen LogP contribution >= 0.6 is 11.6 Å². The maximum atomic E-state index is 12.8. The summed E-state index contributed by atoms with van der Waals surface area (Å²) in [5, 5.41) is 9.24. The molecule has 1 aromatic heterocycles. The SMILES string of the molecule is CCCC(CNC(=O)c1cc2cn(CC3CN(C(=O)c4ccc(Cl)cc4)C3)nc2cc1C)OC. The van der Waals surface area contributed by atoms with Gasteiger partial charge < -0.3 is 15.0 Å². The minimum atomic E-state index is -0.0966. The monoisotopic (exact) mass is 482 g/mol. The first-order valence-corrected chi connectivity index (χ1v) is 12.1. The predicted octanol–water partition coefficient (Wildman–Crippen LogP) is 4.32. The Morgan fingerprint density at radius 1 is 1.24 bits per heavy atom. The number of rotatable bonds is 9. The predicted molar refractivity (Wildman–Crippen MR) is 133 cm³/mol. The van der Waals surface area contributed by atoms with Crippen LogP contribution in [0.25, 0.3) is 10.9 Å². The molecule has 0 aliphatic carbocycles. The van der Waals surface area contributed by atoms with Gasteiger partial charge in [0.2, 0.25) is 0 Å². The lowest BCUT2D eigenvalue weighted by Crippen LogP contribution is -2.51. The van der Waals surface area contributed by atoms with Crippen LogP contribution in [0.4, 0.5) is 0 Å². The molecule has 0 spiro atoms. The van der Waals surface area contributed by atoms with Gasteiger partial charge in [-0.2, -0.15) is 5.10 Å². The van der Waals surface area contributed by atoms with Crippen molar-refractivity contribution < 1.29 is 14.3 Å². The van der Waals surface area contributed by atoms with Gasteiger partial charge in [-0.25, -0.2) is 0 Å². The van der Waals surface area contributed by atoms with Crippen LogP contribution in [0, 0.1) is 12.8 Å². The summed E-state index contributed by atoms with van der Waals surface area (Å²) in [6.07, 6.45) is 3.91. The Bertz CT molecular complexity index is 1170.